The molecule has 98 valence electrons. The normalized spacial score (nSPS) is 22.6. The van der Waals surface area contributed by atoms with E-state index in [2.05, 4.69) is 16.2 Å². The van der Waals surface area contributed by atoms with Crippen LogP contribution in [0.1, 0.15) is 31.2 Å². The SMILES string of the molecule is Cn1cc(C#N)cc1-c1nc(C2(C)CCCO2)no1. The van der Waals surface area contributed by atoms with Crippen molar-refractivity contribution < 1.29 is 9.26 Å². The van der Waals surface area contributed by atoms with Gasteiger partial charge in [0.2, 0.25) is 5.82 Å². The maximum absolute atomic E-state index is 8.89. The Labute approximate surface area is 110 Å². The maximum atomic E-state index is 8.89. The lowest BCUT2D eigenvalue weighted by atomic mass is 10.0. The summed E-state index contributed by atoms with van der Waals surface area (Å²) < 4.78 is 12.8. The van der Waals surface area contributed by atoms with E-state index in [1.54, 1.807) is 16.8 Å². The fraction of sp³-hybridized carbons (Fsp3) is 0.462. The molecule has 2 aromatic heterocycles. The first-order valence-electron chi connectivity index (χ1n) is 6.17. The summed E-state index contributed by atoms with van der Waals surface area (Å²) in [4.78, 5) is 4.41. The Kier molecular flexibility index (Phi) is 2.64. The van der Waals surface area contributed by atoms with E-state index >= 15 is 0 Å². The number of hydrogen-bond donors (Lipinski definition) is 0. The minimum absolute atomic E-state index is 0.413. The lowest BCUT2D eigenvalue weighted by molar-refractivity contribution is 0.00768. The van der Waals surface area contributed by atoms with Gasteiger partial charge in [-0.05, 0) is 25.8 Å². The molecule has 6 heteroatoms. The second-order valence-corrected chi connectivity index (χ2v) is 4.94. The summed E-state index contributed by atoms with van der Waals surface area (Å²) in [5.74, 6) is 0.982. The van der Waals surface area contributed by atoms with E-state index in [-0.39, 0.29) is 0 Å². The molecule has 3 heterocycles. The molecular formula is C13H14N4O2. The zero-order valence-corrected chi connectivity index (χ0v) is 10.9. The van der Waals surface area contributed by atoms with E-state index in [1.807, 2.05) is 14.0 Å². The van der Waals surface area contributed by atoms with Crippen molar-refractivity contribution in [3.05, 3.63) is 23.7 Å². The van der Waals surface area contributed by atoms with Gasteiger partial charge in [0.15, 0.2) is 0 Å². The molecule has 6 nitrogen and oxygen atoms in total. The Morgan fingerprint density at radius 2 is 2.37 bits per heavy atom. The van der Waals surface area contributed by atoms with Gasteiger partial charge in [-0.15, -0.1) is 0 Å². The minimum Gasteiger partial charge on any atom is -0.367 e. The summed E-state index contributed by atoms with van der Waals surface area (Å²) in [5.41, 5.74) is 0.850. The van der Waals surface area contributed by atoms with Crippen LogP contribution < -0.4 is 0 Å². The van der Waals surface area contributed by atoms with Crippen LogP contribution in [0.15, 0.2) is 16.8 Å². The monoisotopic (exact) mass is 258 g/mol. The Hall–Kier alpha value is -2.13. The first-order valence-corrected chi connectivity index (χ1v) is 6.17. The third-order valence-electron chi connectivity index (χ3n) is 3.47. The van der Waals surface area contributed by atoms with Crippen molar-refractivity contribution in [2.45, 2.75) is 25.4 Å². The zero-order chi connectivity index (χ0) is 13.5. The van der Waals surface area contributed by atoms with E-state index < -0.39 is 5.60 Å². The molecule has 1 atom stereocenters. The van der Waals surface area contributed by atoms with Gasteiger partial charge < -0.3 is 13.8 Å². The van der Waals surface area contributed by atoms with Crippen LogP contribution in [0.5, 0.6) is 0 Å². The second-order valence-electron chi connectivity index (χ2n) is 4.94. The van der Waals surface area contributed by atoms with Crippen molar-refractivity contribution in [1.29, 1.82) is 5.26 Å². The minimum atomic E-state index is -0.453. The van der Waals surface area contributed by atoms with Crippen LogP contribution in [0.3, 0.4) is 0 Å². The van der Waals surface area contributed by atoms with Gasteiger partial charge in [0.25, 0.3) is 5.89 Å². The predicted molar refractivity (Wildman–Crippen MR) is 66.0 cm³/mol. The molecule has 1 aliphatic rings. The van der Waals surface area contributed by atoms with Gasteiger partial charge in [-0.25, -0.2) is 0 Å². The zero-order valence-electron chi connectivity index (χ0n) is 10.9. The van der Waals surface area contributed by atoms with E-state index in [9.17, 15) is 0 Å². The van der Waals surface area contributed by atoms with Crippen LogP contribution in [0.2, 0.25) is 0 Å². The fourth-order valence-corrected chi connectivity index (χ4v) is 2.34. The lowest BCUT2D eigenvalue weighted by Gasteiger charge is -2.17. The standard InChI is InChI=1S/C13H14N4O2/c1-13(4-3-5-18-13)12-15-11(19-16-12)10-6-9(7-14)8-17(10)2/h6,8H,3-5H2,1-2H3. The van der Waals surface area contributed by atoms with Gasteiger partial charge in [0.05, 0.1) is 5.56 Å². The molecule has 0 saturated carbocycles. The molecule has 2 aromatic rings. The second kappa shape index (κ2) is 4.21. The first-order chi connectivity index (χ1) is 9.12. The van der Waals surface area contributed by atoms with Crippen molar-refractivity contribution in [3.63, 3.8) is 0 Å². The lowest BCUT2D eigenvalue weighted by Crippen LogP contribution is -2.21. The number of aryl methyl sites for hydroxylation is 1. The third-order valence-corrected chi connectivity index (χ3v) is 3.47. The van der Waals surface area contributed by atoms with Crippen molar-refractivity contribution in [2.75, 3.05) is 6.61 Å². The van der Waals surface area contributed by atoms with Crippen LogP contribution in [0.25, 0.3) is 11.6 Å². The van der Waals surface area contributed by atoms with Crippen LogP contribution in [0.4, 0.5) is 0 Å². The predicted octanol–water partition coefficient (Wildman–Crippen LogP) is 1.97. The van der Waals surface area contributed by atoms with Gasteiger partial charge in [-0.3, -0.25) is 0 Å². The smallest absolute Gasteiger partial charge is 0.274 e. The highest BCUT2D eigenvalue weighted by molar-refractivity contribution is 5.52. The molecular weight excluding hydrogens is 244 g/mol. The highest BCUT2D eigenvalue weighted by Gasteiger charge is 2.36. The van der Waals surface area contributed by atoms with E-state index in [0.717, 1.165) is 25.1 Å². The highest BCUT2D eigenvalue weighted by Crippen LogP contribution is 2.34. The summed E-state index contributed by atoms with van der Waals surface area (Å²) >= 11 is 0. The molecule has 0 N–H and O–H groups in total. The number of hydrogen-bond acceptors (Lipinski definition) is 5. The summed E-state index contributed by atoms with van der Waals surface area (Å²) in [7, 11) is 1.84. The van der Waals surface area contributed by atoms with Crippen LogP contribution >= 0.6 is 0 Å². The van der Waals surface area contributed by atoms with Gasteiger partial charge in [0, 0.05) is 19.9 Å². The fourth-order valence-electron chi connectivity index (χ4n) is 2.34. The van der Waals surface area contributed by atoms with Gasteiger partial charge in [-0.1, -0.05) is 5.16 Å². The van der Waals surface area contributed by atoms with Crippen molar-refractivity contribution in [1.82, 2.24) is 14.7 Å². The van der Waals surface area contributed by atoms with Gasteiger partial charge in [0.1, 0.15) is 17.4 Å². The van der Waals surface area contributed by atoms with E-state index in [1.165, 1.54) is 0 Å². The van der Waals surface area contributed by atoms with Crippen LogP contribution in [0, 0.1) is 11.3 Å². The Bertz CT molecular complexity index is 644. The topological polar surface area (TPSA) is 76.9 Å². The molecule has 1 aliphatic heterocycles. The van der Waals surface area contributed by atoms with Crippen molar-refractivity contribution in [3.8, 4) is 17.7 Å². The van der Waals surface area contributed by atoms with Crippen LogP contribution in [-0.4, -0.2) is 21.3 Å². The Morgan fingerprint density at radius 3 is 3.00 bits per heavy atom. The molecule has 19 heavy (non-hydrogen) atoms. The summed E-state index contributed by atoms with van der Waals surface area (Å²) in [6, 6.07) is 3.82. The summed E-state index contributed by atoms with van der Waals surface area (Å²) in [6.07, 6.45) is 3.62. The quantitative estimate of drug-likeness (QED) is 0.823. The van der Waals surface area contributed by atoms with Crippen molar-refractivity contribution in [2.24, 2.45) is 7.05 Å². The average Bonchev–Trinajstić information content (AvgIpc) is 3.08. The number of ether oxygens (including phenoxy) is 1. The molecule has 0 aromatic carbocycles. The first kappa shape index (κ1) is 11.9. The third kappa shape index (κ3) is 1.92. The Morgan fingerprint density at radius 1 is 1.53 bits per heavy atom. The molecule has 0 amide bonds. The Balaban J connectivity index is 1.97. The van der Waals surface area contributed by atoms with Crippen molar-refractivity contribution >= 4 is 0 Å². The molecule has 3 rings (SSSR count). The molecule has 0 radical (unpaired) electrons. The van der Waals surface area contributed by atoms with E-state index in [4.69, 9.17) is 14.5 Å². The molecule has 0 aliphatic carbocycles. The number of aromatic nitrogens is 3. The largest absolute Gasteiger partial charge is 0.367 e. The number of nitrogens with zero attached hydrogens (tertiary/aromatic N) is 4. The van der Waals surface area contributed by atoms with Gasteiger partial charge in [-0.2, -0.15) is 10.2 Å². The number of rotatable bonds is 2. The van der Waals surface area contributed by atoms with Crippen LogP contribution in [-0.2, 0) is 17.4 Å². The van der Waals surface area contributed by atoms with Gasteiger partial charge >= 0.3 is 0 Å². The van der Waals surface area contributed by atoms with E-state index in [0.29, 0.717) is 17.3 Å². The molecule has 1 saturated heterocycles. The highest BCUT2D eigenvalue weighted by atomic mass is 16.5. The molecule has 1 fully saturated rings. The summed E-state index contributed by atoms with van der Waals surface area (Å²) in [6.45, 7) is 2.70. The molecule has 1 unspecified atom stereocenters. The number of nitriles is 1. The molecule has 0 bridgehead atoms. The maximum Gasteiger partial charge on any atom is 0.274 e. The average molecular weight is 258 g/mol. The summed E-state index contributed by atoms with van der Waals surface area (Å²) in [5, 5.41) is 12.9. The molecule has 0 spiro atoms.